The van der Waals surface area contributed by atoms with Crippen LogP contribution in [-0.4, -0.2) is 19.5 Å². The molecule has 0 saturated heterocycles. The molecule has 0 radical (unpaired) electrons. The highest BCUT2D eigenvalue weighted by atomic mass is 32.1. The summed E-state index contributed by atoms with van der Waals surface area (Å²) >= 11 is 1.23. The molecule has 0 amide bonds. The van der Waals surface area contributed by atoms with Gasteiger partial charge < -0.3 is 0 Å². The summed E-state index contributed by atoms with van der Waals surface area (Å²) in [6, 6.07) is 15.5. The maximum absolute atomic E-state index is 12.5. The summed E-state index contributed by atoms with van der Waals surface area (Å²) in [5, 5.41) is 15.1. The van der Waals surface area contributed by atoms with Crippen LogP contribution in [0.3, 0.4) is 0 Å². The second-order valence-corrected chi connectivity index (χ2v) is 6.27. The molecule has 4 rings (SSSR count). The van der Waals surface area contributed by atoms with Crippen LogP contribution in [0.15, 0.2) is 59.4 Å². The Hall–Kier alpha value is -3.39. The van der Waals surface area contributed by atoms with Crippen molar-refractivity contribution in [2.45, 2.75) is 0 Å². The number of nitro benzene ring substituents is 1. The number of nitro groups is 1. The summed E-state index contributed by atoms with van der Waals surface area (Å²) in [6.45, 7) is 0. The number of hydrogen-bond donors (Lipinski definition) is 0. The lowest BCUT2D eigenvalue weighted by Gasteiger charge is -1.94. The minimum absolute atomic E-state index is 0.0453. The van der Waals surface area contributed by atoms with Gasteiger partial charge in [-0.3, -0.25) is 14.9 Å². The molecule has 2 aromatic heterocycles. The molecule has 0 aliphatic rings. The van der Waals surface area contributed by atoms with Crippen LogP contribution in [-0.2, 0) is 0 Å². The molecule has 4 aromatic rings. The third-order valence-corrected chi connectivity index (χ3v) is 4.55. The lowest BCUT2D eigenvalue weighted by Crippen LogP contribution is -2.23. The predicted octanol–water partition coefficient (Wildman–Crippen LogP) is 2.27. The molecule has 0 bridgehead atoms. The molecule has 0 N–H and O–H groups in total. The molecule has 0 unspecified atom stereocenters. The van der Waals surface area contributed by atoms with Crippen molar-refractivity contribution in [1.29, 1.82) is 0 Å². The summed E-state index contributed by atoms with van der Waals surface area (Å²) in [6.07, 6.45) is 1.79. The Balaban J connectivity index is 1.81. The molecular formula is C17H10N4O3S. The van der Waals surface area contributed by atoms with Gasteiger partial charge in [-0.1, -0.05) is 53.8 Å². The molecule has 0 spiro atoms. The first-order chi connectivity index (χ1) is 12.1. The van der Waals surface area contributed by atoms with Gasteiger partial charge in [0.05, 0.1) is 9.46 Å². The van der Waals surface area contributed by atoms with Crippen LogP contribution in [0, 0.1) is 10.1 Å². The third-order valence-electron chi connectivity index (χ3n) is 3.59. The summed E-state index contributed by atoms with van der Waals surface area (Å²) in [5.74, 6) is 0.290. The summed E-state index contributed by atoms with van der Waals surface area (Å²) in [7, 11) is 0. The largest absolute Gasteiger partial charge is 0.291 e. The minimum atomic E-state index is -0.478. The van der Waals surface area contributed by atoms with Crippen LogP contribution < -0.4 is 10.1 Å². The van der Waals surface area contributed by atoms with Crippen LogP contribution in [0.1, 0.15) is 5.56 Å². The van der Waals surface area contributed by atoms with E-state index in [9.17, 15) is 14.9 Å². The Morgan fingerprint density at radius 3 is 2.64 bits per heavy atom. The van der Waals surface area contributed by atoms with Gasteiger partial charge in [0.15, 0.2) is 5.82 Å². The maximum Gasteiger partial charge on any atom is 0.291 e. The number of thiazole rings is 1. The Kier molecular flexibility index (Phi) is 3.58. The zero-order valence-corrected chi connectivity index (χ0v) is 13.5. The van der Waals surface area contributed by atoms with Gasteiger partial charge in [-0.15, -0.1) is 5.10 Å². The first-order valence-corrected chi connectivity index (χ1v) is 8.15. The Labute approximate surface area is 144 Å². The smallest absolute Gasteiger partial charge is 0.266 e. The Morgan fingerprint density at radius 2 is 1.92 bits per heavy atom. The lowest BCUT2D eigenvalue weighted by atomic mass is 10.2. The number of benzene rings is 2. The second kappa shape index (κ2) is 5.91. The Bertz CT molecular complexity index is 1200. The van der Waals surface area contributed by atoms with Gasteiger partial charge in [-0.25, -0.2) is 0 Å². The highest BCUT2D eigenvalue weighted by molar-refractivity contribution is 7.15. The molecule has 7 nitrogen and oxygen atoms in total. The second-order valence-electron chi connectivity index (χ2n) is 5.26. The molecular weight excluding hydrogens is 340 g/mol. The van der Waals surface area contributed by atoms with Crippen LogP contribution >= 0.6 is 11.3 Å². The molecule has 0 atom stereocenters. The van der Waals surface area contributed by atoms with Gasteiger partial charge in [0.1, 0.15) is 0 Å². The van der Waals surface area contributed by atoms with E-state index < -0.39 is 4.92 Å². The van der Waals surface area contributed by atoms with E-state index in [1.807, 2.05) is 30.3 Å². The topological polar surface area (TPSA) is 90.4 Å². The quantitative estimate of drug-likeness (QED) is 0.418. The van der Waals surface area contributed by atoms with Crippen molar-refractivity contribution in [2.75, 3.05) is 0 Å². The molecule has 0 aliphatic carbocycles. The summed E-state index contributed by atoms with van der Waals surface area (Å²) < 4.78 is 1.76. The van der Waals surface area contributed by atoms with Crippen molar-refractivity contribution in [1.82, 2.24) is 14.6 Å². The normalized spacial score (nSPS) is 11.9. The molecule has 0 saturated carbocycles. The van der Waals surface area contributed by atoms with Crippen LogP contribution in [0.5, 0.6) is 0 Å². The number of nitrogens with zero attached hydrogens (tertiary/aromatic N) is 4. The monoisotopic (exact) mass is 350 g/mol. The fourth-order valence-electron chi connectivity index (χ4n) is 2.42. The van der Waals surface area contributed by atoms with E-state index in [-0.39, 0.29) is 11.2 Å². The van der Waals surface area contributed by atoms with Crippen molar-refractivity contribution in [3.05, 3.63) is 85.2 Å². The first kappa shape index (κ1) is 15.2. The fraction of sp³-hybridized carbons (Fsp3) is 0. The fourth-order valence-corrected chi connectivity index (χ4v) is 3.32. The SMILES string of the molecule is O=c1/c(=C\c2ccccc2)sc2nc(-c3cccc([N+](=O)[O-])c3)nn12. The van der Waals surface area contributed by atoms with E-state index in [2.05, 4.69) is 10.1 Å². The van der Waals surface area contributed by atoms with Gasteiger partial charge in [0, 0.05) is 17.7 Å². The molecule has 2 heterocycles. The number of aromatic nitrogens is 3. The Morgan fingerprint density at radius 1 is 1.12 bits per heavy atom. The molecule has 0 aliphatic heterocycles. The van der Waals surface area contributed by atoms with E-state index in [4.69, 9.17) is 0 Å². The first-order valence-electron chi connectivity index (χ1n) is 7.33. The minimum Gasteiger partial charge on any atom is -0.266 e. The third kappa shape index (κ3) is 2.79. The molecule has 0 fully saturated rings. The highest BCUT2D eigenvalue weighted by Gasteiger charge is 2.14. The van der Waals surface area contributed by atoms with Crippen molar-refractivity contribution in [3.63, 3.8) is 0 Å². The van der Waals surface area contributed by atoms with Crippen molar-refractivity contribution < 1.29 is 4.92 Å². The van der Waals surface area contributed by atoms with E-state index >= 15 is 0 Å². The standard InChI is InChI=1S/C17H10N4O3S/c22-16-14(9-11-5-2-1-3-6-11)25-17-18-15(19-20(16)17)12-7-4-8-13(10-12)21(23)24/h1-10H/b14-9+. The van der Waals surface area contributed by atoms with E-state index in [0.717, 1.165) is 5.56 Å². The van der Waals surface area contributed by atoms with Crippen LogP contribution in [0.4, 0.5) is 5.69 Å². The predicted molar refractivity (Wildman–Crippen MR) is 94.5 cm³/mol. The summed E-state index contributed by atoms with van der Waals surface area (Å²) in [4.78, 5) is 27.7. The van der Waals surface area contributed by atoms with E-state index in [1.165, 1.54) is 28.0 Å². The number of hydrogen-bond acceptors (Lipinski definition) is 6. The van der Waals surface area contributed by atoms with Gasteiger partial charge in [-0.2, -0.15) is 9.50 Å². The molecule has 25 heavy (non-hydrogen) atoms. The van der Waals surface area contributed by atoms with Crippen LogP contribution in [0.25, 0.3) is 22.4 Å². The van der Waals surface area contributed by atoms with E-state index in [0.29, 0.717) is 20.9 Å². The van der Waals surface area contributed by atoms with Crippen LogP contribution in [0.2, 0.25) is 0 Å². The zero-order chi connectivity index (χ0) is 17.4. The van der Waals surface area contributed by atoms with Gasteiger partial charge in [-0.05, 0) is 11.6 Å². The van der Waals surface area contributed by atoms with Gasteiger partial charge in [0.25, 0.3) is 11.2 Å². The maximum atomic E-state index is 12.5. The van der Waals surface area contributed by atoms with Gasteiger partial charge >= 0.3 is 0 Å². The molecule has 2 aromatic carbocycles. The average molecular weight is 350 g/mol. The zero-order valence-electron chi connectivity index (χ0n) is 12.7. The molecule has 122 valence electrons. The average Bonchev–Trinajstić information content (AvgIpc) is 3.16. The highest BCUT2D eigenvalue weighted by Crippen LogP contribution is 2.21. The molecule has 8 heteroatoms. The van der Waals surface area contributed by atoms with Crippen molar-refractivity contribution >= 4 is 28.1 Å². The summed E-state index contributed by atoms with van der Waals surface area (Å²) in [5.41, 5.74) is 1.12. The van der Waals surface area contributed by atoms with Crippen molar-refractivity contribution in [2.24, 2.45) is 0 Å². The van der Waals surface area contributed by atoms with E-state index in [1.54, 1.807) is 18.2 Å². The number of rotatable bonds is 3. The number of fused-ring (bicyclic) bond motifs is 1. The number of non-ortho nitro benzene ring substituents is 1. The lowest BCUT2D eigenvalue weighted by molar-refractivity contribution is -0.384. The van der Waals surface area contributed by atoms with Gasteiger partial charge in [0.2, 0.25) is 4.96 Å². The van der Waals surface area contributed by atoms with Crippen molar-refractivity contribution in [3.8, 4) is 11.4 Å².